The first-order chi connectivity index (χ1) is 7.60. The largest absolute Gasteiger partial charge is 0.289 e. The Bertz CT molecular complexity index is 439. The van der Waals surface area contributed by atoms with E-state index in [0.717, 1.165) is 23.1 Å². The van der Waals surface area contributed by atoms with Crippen LogP contribution in [-0.2, 0) is 0 Å². The van der Waals surface area contributed by atoms with Gasteiger partial charge in [0, 0.05) is 11.1 Å². The van der Waals surface area contributed by atoms with E-state index in [1.807, 2.05) is 45.0 Å². The van der Waals surface area contributed by atoms with Crippen LogP contribution in [0.4, 0.5) is 0 Å². The third-order valence-electron chi connectivity index (χ3n) is 2.54. The summed E-state index contributed by atoms with van der Waals surface area (Å²) in [5.74, 6) is 0.0676. The fourth-order valence-electron chi connectivity index (χ4n) is 1.62. The molecule has 1 heteroatoms. The molecule has 84 valence electrons. The summed E-state index contributed by atoms with van der Waals surface area (Å²) < 4.78 is 0. The lowest BCUT2D eigenvalue weighted by Gasteiger charge is -2.06. The van der Waals surface area contributed by atoms with Crippen LogP contribution in [-0.4, -0.2) is 5.78 Å². The summed E-state index contributed by atoms with van der Waals surface area (Å²) in [6, 6.07) is 5.93. The minimum atomic E-state index is 0.0676. The minimum absolute atomic E-state index is 0.0676. The van der Waals surface area contributed by atoms with Gasteiger partial charge in [0.1, 0.15) is 0 Å². The van der Waals surface area contributed by atoms with Crippen LogP contribution < -0.4 is 0 Å². The number of hydrogen-bond acceptors (Lipinski definition) is 1. The first-order valence-electron chi connectivity index (χ1n) is 5.54. The van der Waals surface area contributed by atoms with Gasteiger partial charge in [-0.1, -0.05) is 43.4 Å². The van der Waals surface area contributed by atoms with E-state index in [1.165, 1.54) is 0 Å². The first-order valence-corrected chi connectivity index (χ1v) is 5.54. The molecule has 0 amide bonds. The van der Waals surface area contributed by atoms with Gasteiger partial charge in [0.05, 0.1) is 0 Å². The van der Waals surface area contributed by atoms with Gasteiger partial charge in [-0.05, 0) is 31.9 Å². The van der Waals surface area contributed by atoms with E-state index in [2.05, 4.69) is 6.58 Å². The predicted octanol–water partition coefficient (Wildman–Crippen LogP) is 4.01. The number of ketones is 1. The molecule has 0 N–H and O–H groups in total. The molecule has 16 heavy (non-hydrogen) atoms. The van der Waals surface area contributed by atoms with Gasteiger partial charge in [-0.2, -0.15) is 0 Å². The summed E-state index contributed by atoms with van der Waals surface area (Å²) in [6.45, 7) is 9.65. The highest BCUT2D eigenvalue weighted by Gasteiger charge is 2.11. The highest BCUT2D eigenvalue weighted by Crippen LogP contribution is 2.16. The minimum Gasteiger partial charge on any atom is -0.289 e. The summed E-state index contributed by atoms with van der Waals surface area (Å²) in [6.07, 6.45) is 4.39. The molecule has 0 fully saturated rings. The summed E-state index contributed by atoms with van der Waals surface area (Å²) in [7, 11) is 0. The highest BCUT2D eigenvalue weighted by atomic mass is 16.1. The normalized spacial score (nSPS) is 11.3. The van der Waals surface area contributed by atoms with E-state index >= 15 is 0 Å². The van der Waals surface area contributed by atoms with Gasteiger partial charge in [-0.3, -0.25) is 4.79 Å². The molecule has 0 spiro atoms. The molecule has 0 saturated heterocycles. The van der Waals surface area contributed by atoms with Crippen LogP contribution in [0.1, 0.15) is 34.8 Å². The smallest absolute Gasteiger partial charge is 0.192 e. The fourth-order valence-corrected chi connectivity index (χ4v) is 1.62. The van der Waals surface area contributed by atoms with E-state index in [4.69, 9.17) is 0 Å². The molecule has 0 radical (unpaired) electrons. The monoisotopic (exact) mass is 214 g/mol. The summed E-state index contributed by atoms with van der Waals surface area (Å²) in [5.41, 5.74) is 3.59. The molecular weight excluding hydrogens is 196 g/mol. The van der Waals surface area contributed by atoms with Crippen molar-refractivity contribution in [3.05, 3.63) is 59.2 Å². The first kappa shape index (κ1) is 12.4. The molecule has 0 aliphatic rings. The Labute approximate surface area is 97.5 Å². The van der Waals surface area contributed by atoms with Crippen molar-refractivity contribution in [1.29, 1.82) is 0 Å². The van der Waals surface area contributed by atoms with Crippen LogP contribution in [0.3, 0.4) is 0 Å². The number of carbonyl (C=O) groups is 1. The summed E-state index contributed by atoms with van der Waals surface area (Å²) >= 11 is 0. The molecule has 0 aliphatic carbocycles. The number of allylic oxidation sites excluding steroid dienone is 3. The van der Waals surface area contributed by atoms with Crippen LogP contribution >= 0.6 is 0 Å². The highest BCUT2D eigenvalue weighted by molar-refractivity contribution is 6.11. The molecular formula is C15H18O. The van der Waals surface area contributed by atoms with E-state index < -0.39 is 0 Å². The van der Waals surface area contributed by atoms with Crippen molar-refractivity contribution in [3.63, 3.8) is 0 Å². The van der Waals surface area contributed by atoms with Crippen molar-refractivity contribution >= 4 is 5.78 Å². The van der Waals surface area contributed by atoms with Crippen molar-refractivity contribution < 1.29 is 4.79 Å². The number of aryl methyl sites for hydroxylation is 2. The van der Waals surface area contributed by atoms with E-state index in [-0.39, 0.29) is 5.78 Å². The van der Waals surface area contributed by atoms with Crippen molar-refractivity contribution in [2.45, 2.75) is 27.2 Å². The van der Waals surface area contributed by atoms with Gasteiger partial charge in [0.15, 0.2) is 5.78 Å². The molecule has 0 heterocycles. The zero-order valence-electron chi connectivity index (χ0n) is 10.2. The third kappa shape index (κ3) is 2.69. The SMILES string of the molecule is C=C/C(=C\CC)C(=O)c1cc(C)ccc1C. The second-order valence-corrected chi connectivity index (χ2v) is 3.92. The van der Waals surface area contributed by atoms with E-state index in [1.54, 1.807) is 6.08 Å². The average Bonchev–Trinajstić information content (AvgIpc) is 2.28. The number of hydrogen-bond donors (Lipinski definition) is 0. The lowest BCUT2D eigenvalue weighted by molar-refractivity contribution is 0.103. The second kappa shape index (κ2) is 5.45. The topological polar surface area (TPSA) is 17.1 Å². The standard InChI is InChI=1S/C15H18O/c1-5-7-13(6-2)15(16)14-10-11(3)8-9-12(14)4/h6-10H,2,5H2,1,3-4H3/b13-7+. The third-order valence-corrected chi connectivity index (χ3v) is 2.54. The van der Waals surface area contributed by atoms with E-state index in [0.29, 0.717) is 5.57 Å². The van der Waals surface area contributed by atoms with Gasteiger partial charge in [-0.25, -0.2) is 0 Å². The van der Waals surface area contributed by atoms with Crippen LogP contribution in [0, 0.1) is 13.8 Å². The average molecular weight is 214 g/mol. The Morgan fingerprint density at radius 3 is 2.62 bits per heavy atom. The van der Waals surface area contributed by atoms with Gasteiger partial charge in [-0.15, -0.1) is 0 Å². The molecule has 1 rings (SSSR count). The molecule has 0 atom stereocenters. The zero-order chi connectivity index (χ0) is 12.1. The van der Waals surface area contributed by atoms with Gasteiger partial charge in [0.2, 0.25) is 0 Å². The van der Waals surface area contributed by atoms with Crippen molar-refractivity contribution in [2.75, 3.05) is 0 Å². The molecule has 0 saturated carbocycles. The molecule has 1 nitrogen and oxygen atoms in total. The van der Waals surface area contributed by atoms with Crippen LogP contribution in [0.15, 0.2) is 42.5 Å². The maximum absolute atomic E-state index is 12.2. The number of carbonyl (C=O) groups excluding carboxylic acids is 1. The zero-order valence-corrected chi connectivity index (χ0v) is 10.2. The fraction of sp³-hybridized carbons (Fsp3) is 0.267. The molecule has 0 aromatic heterocycles. The summed E-state index contributed by atoms with van der Waals surface area (Å²) in [5, 5.41) is 0. The predicted molar refractivity (Wildman–Crippen MR) is 68.8 cm³/mol. The Morgan fingerprint density at radius 2 is 2.06 bits per heavy atom. The number of benzene rings is 1. The lowest BCUT2D eigenvalue weighted by Crippen LogP contribution is -2.04. The molecule has 1 aromatic rings. The molecule has 0 unspecified atom stereocenters. The Morgan fingerprint density at radius 1 is 1.38 bits per heavy atom. The van der Waals surface area contributed by atoms with Crippen molar-refractivity contribution in [1.82, 2.24) is 0 Å². The number of rotatable bonds is 4. The van der Waals surface area contributed by atoms with Crippen LogP contribution in [0.2, 0.25) is 0 Å². The Hall–Kier alpha value is -1.63. The van der Waals surface area contributed by atoms with Crippen LogP contribution in [0.5, 0.6) is 0 Å². The second-order valence-electron chi connectivity index (χ2n) is 3.92. The molecule has 1 aromatic carbocycles. The quantitative estimate of drug-likeness (QED) is 0.420. The lowest BCUT2D eigenvalue weighted by atomic mass is 9.97. The van der Waals surface area contributed by atoms with Crippen molar-refractivity contribution in [3.8, 4) is 0 Å². The maximum Gasteiger partial charge on any atom is 0.192 e. The van der Waals surface area contributed by atoms with Crippen LogP contribution in [0.25, 0.3) is 0 Å². The van der Waals surface area contributed by atoms with Gasteiger partial charge in [0.25, 0.3) is 0 Å². The van der Waals surface area contributed by atoms with Gasteiger partial charge >= 0.3 is 0 Å². The van der Waals surface area contributed by atoms with E-state index in [9.17, 15) is 4.79 Å². The number of Topliss-reactive ketones (excluding diaryl/α,β-unsaturated/α-hetero) is 1. The van der Waals surface area contributed by atoms with Crippen molar-refractivity contribution in [2.24, 2.45) is 0 Å². The molecule has 0 bridgehead atoms. The Balaban J connectivity index is 3.18. The summed E-state index contributed by atoms with van der Waals surface area (Å²) in [4.78, 5) is 12.2. The Kier molecular flexibility index (Phi) is 4.24. The van der Waals surface area contributed by atoms with Gasteiger partial charge < -0.3 is 0 Å². The maximum atomic E-state index is 12.2. The molecule has 0 aliphatic heterocycles.